The minimum Gasteiger partial charge on any atom is -0.494 e. The molecule has 98 valence electrons. The Morgan fingerprint density at radius 2 is 1.68 bits per heavy atom. The van der Waals surface area contributed by atoms with Crippen LogP contribution in [0.3, 0.4) is 0 Å². The van der Waals surface area contributed by atoms with Gasteiger partial charge in [0.05, 0.1) is 28.1 Å². The van der Waals surface area contributed by atoms with Crippen molar-refractivity contribution in [3.8, 4) is 5.75 Å². The Morgan fingerprint density at radius 1 is 1.11 bits per heavy atom. The molecule has 0 radical (unpaired) electrons. The number of carbonyl (C=O) groups is 1. The van der Waals surface area contributed by atoms with E-state index < -0.39 is 0 Å². The molecule has 0 atom stereocenters. The lowest BCUT2D eigenvalue weighted by atomic mass is 10.1. The molecule has 2 rings (SSSR count). The molecule has 0 N–H and O–H groups in total. The van der Waals surface area contributed by atoms with Crippen LogP contribution in [0.2, 0.25) is 0 Å². The maximum atomic E-state index is 11.4. The zero-order valence-corrected chi connectivity index (χ0v) is 11.7. The van der Waals surface area contributed by atoms with Crippen molar-refractivity contribution in [1.82, 2.24) is 0 Å². The highest BCUT2D eigenvalue weighted by molar-refractivity contribution is 6.57. The quantitative estimate of drug-likeness (QED) is 0.791. The molecule has 1 aromatic rings. The number of hydrogen-bond donors (Lipinski definition) is 0. The van der Waals surface area contributed by atoms with E-state index in [2.05, 4.69) is 4.99 Å². The number of carbonyl (C=O) groups excluding carboxylic acids is 1. The van der Waals surface area contributed by atoms with Crippen LogP contribution in [-0.4, -0.2) is 18.1 Å². The van der Waals surface area contributed by atoms with Gasteiger partial charge in [-0.25, -0.2) is 4.99 Å². The van der Waals surface area contributed by atoms with Crippen LogP contribution in [0.25, 0.3) is 0 Å². The van der Waals surface area contributed by atoms with Gasteiger partial charge in [0.2, 0.25) is 5.78 Å². The van der Waals surface area contributed by atoms with Crippen LogP contribution in [-0.2, 0) is 4.79 Å². The highest BCUT2D eigenvalue weighted by atomic mass is 35.5. The van der Waals surface area contributed by atoms with Gasteiger partial charge in [-0.15, -0.1) is 0 Å². The van der Waals surface area contributed by atoms with Crippen molar-refractivity contribution in [2.75, 3.05) is 6.61 Å². The van der Waals surface area contributed by atoms with Crippen LogP contribution in [0.4, 0.5) is 5.69 Å². The van der Waals surface area contributed by atoms with Crippen molar-refractivity contribution in [2.45, 2.75) is 6.92 Å². The standard InChI is InChI=1S/C14H11Cl2NO2/c1-2-19-11-5-3-9(4-6-11)17-10-7-12(15)14(18)13(16)8-10/h3-8H,2H2,1H3. The maximum absolute atomic E-state index is 11.4. The molecule has 0 aromatic heterocycles. The van der Waals surface area contributed by atoms with Gasteiger partial charge in [-0.1, -0.05) is 23.2 Å². The third kappa shape index (κ3) is 3.46. The van der Waals surface area contributed by atoms with E-state index in [0.29, 0.717) is 12.3 Å². The molecule has 0 heterocycles. The number of benzene rings is 1. The maximum Gasteiger partial charge on any atom is 0.215 e. The minimum absolute atomic E-state index is 0.0668. The van der Waals surface area contributed by atoms with Crippen molar-refractivity contribution < 1.29 is 9.53 Å². The Morgan fingerprint density at radius 3 is 2.21 bits per heavy atom. The van der Waals surface area contributed by atoms with Crippen LogP contribution < -0.4 is 4.74 Å². The molecule has 1 aromatic carbocycles. The zero-order chi connectivity index (χ0) is 13.8. The summed E-state index contributed by atoms with van der Waals surface area (Å²) >= 11 is 11.5. The molecule has 0 saturated carbocycles. The second-order valence-electron chi connectivity index (χ2n) is 3.78. The normalized spacial score (nSPS) is 14.9. The molecular formula is C14H11Cl2NO2. The van der Waals surface area contributed by atoms with E-state index in [0.717, 1.165) is 11.4 Å². The van der Waals surface area contributed by atoms with Crippen LogP contribution in [0.15, 0.2) is 51.5 Å². The number of rotatable bonds is 3. The topological polar surface area (TPSA) is 38.7 Å². The molecule has 3 nitrogen and oxygen atoms in total. The van der Waals surface area contributed by atoms with Gasteiger partial charge in [0, 0.05) is 0 Å². The summed E-state index contributed by atoms with van der Waals surface area (Å²) in [6.45, 7) is 2.54. The van der Waals surface area contributed by atoms with Gasteiger partial charge in [0.25, 0.3) is 0 Å². The number of halogens is 2. The van der Waals surface area contributed by atoms with Crippen LogP contribution in [0.5, 0.6) is 5.75 Å². The monoisotopic (exact) mass is 295 g/mol. The van der Waals surface area contributed by atoms with Gasteiger partial charge in [-0.05, 0) is 43.3 Å². The summed E-state index contributed by atoms with van der Waals surface area (Å²) in [5, 5.41) is 0.134. The third-order valence-corrected chi connectivity index (χ3v) is 2.95. The van der Waals surface area contributed by atoms with Gasteiger partial charge in [-0.2, -0.15) is 0 Å². The summed E-state index contributed by atoms with van der Waals surface area (Å²) in [4.78, 5) is 15.7. The minimum atomic E-state index is -0.381. The molecule has 0 spiro atoms. The van der Waals surface area contributed by atoms with Crippen LogP contribution >= 0.6 is 23.2 Å². The first-order chi connectivity index (χ1) is 9.10. The number of allylic oxidation sites excluding steroid dienone is 4. The molecule has 0 bridgehead atoms. The van der Waals surface area contributed by atoms with Crippen LogP contribution in [0, 0.1) is 0 Å². The Bertz CT molecular complexity index is 562. The Labute approximate surface area is 121 Å². The fraction of sp³-hybridized carbons (Fsp3) is 0.143. The van der Waals surface area contributed by atoms with E-state index in [4.69, 9.17) is 27.9 Å². The second-order valence-corrected chi connectivity index (χ2v) is 4.59. The lowest BCUT2D eigenvalue weighted by Gasteiger charge is -2.06. The summed E-state index contributed by atoms with van der Waals surface area (Å²) < 4.78 is 5.34. The molecule has 1 aliphatic rings. The van der Waals surface area contributed by atoms with Crippen LogP contribution in [0.1, 0.15) is 6.92 Å². The van der Waals surface area contributed by atoms with E-state index in [9.17, 15) is 4.79 Å². The van der Waals surface area contributed by atoms with E-state index in [1.54, 1.807) is 0 Å². The Balaban J connectivity index is 2.24. The SMILES string of the molecule is CCOc1ccc(N=C2C=C(Cl)C(=O)C(Cl)=C2)cc1. The summed E-state index contributed by atoms with van der Waals surface area (Å²) in [5.41, 5.74) is 1.27. The lowest BCUT2D eigenvalue weighted by molar-refractivity contribution is -0.111. The average Bonchev–Trinajstić information content (AvgIpc) is 2.38. The van der Waals surface area contributed by atoms with Gasteiger partial charge < -0.3 is 4.74 Å². The van der Waals surface area contributed by atoms with Crippen molar-refractivity contribution in [2.24, 2.45) is 4.99 Å². The van der Waals surface area contributed by atoms with E-state index in [1.165, 1.54) is 12.2 Å². The molecule has 19 heavy (non-hydrogen) atoms. The van der Waals surface area contributed by atoms with E-state index in [1.807, 2.05) is 31.2 Å². The number of ketones is 1. The largest absolute Gasteiger partial charge is 0.494 e. The first-order valence-electron chi connectivity index (χ1n) is 5.71. The predicted molar refractivity (Wildman–Crippen MR) is 77.6 cm³/mol. The zero-order valence-electron chi connectivity index (χ0n) is 10.2. The molecule has 0 fully saturated rings. The van der Waals surface area contributed by atoms with Crippen molar-refractivity contribution >= 4 is 40.4 Å². The van der Waals surface area contributed by atoms with Gasteiger partial charge in [0.1, 0.15) is 5.75 Å². The number of aliphatic imine (C=N–C) groups is 1. The molecule has 0 amide bonds. The molecule has 0 saturated heterocycles. The van der Waals surface area contributed by atoms with Gasteiger partial charge >= 0.3 is 0 Å². The lowest BCUT2D eigenvalue weighted by Crippen LogP contribution is -2.07. The number of hydrogen-bond acceptors (Lipinski definition) is 3. The fourth-order valence-electron chi connectivity index (χ4n) is 1.54. The average molecular weight is 296 g/mol. The highest BCUT2D eigenvalue weighted by Crippen LogP contribution is 2.23. The fourth-order valence-corrected chi connectivity index (χ4v) is 2.02. The van der Waals surface area contributed by atoms with Crippen molar-refractivity contribution in [3.63, 3.8) is 0 Å². The van der Waals surface area contributed by atoms with Crippen molar-refractivity contribution in [1.29, 1.82) is 0 Å². The smallest absolute Gasteiger partial charge is 0.215 e. The first-order valence-corrected chi connectivity index (χ1v) is 6.46. The number of nitrogens with zero attached hydrogens (tertiary/aromatic N) is 1. The highest BCUT2D eigenvalue weighted by Gasteiger charge is 2.17. The van der Waals surface area contributed by atoms with E-state index in [-0.39, 0.29) is 15.8 Å². The Hall–Kier alpha value is -1.58. The molecule has 0 unspecified atom stereocenters. The molecule has 0 aliphatic heterocycles. The second kappa shape index (κ2) is 6.04. The van der Waals surface area contributed by atoms with Gasteiger partial charge in [-0.3, -0.25) is 4.79 Å². The van der Waals surface area contributed by atoms with Crippen molar-refractivity contribution in [3.05, 3.63) is 46.5 Å². The molecular weight excluding hydrogens is 285 g/mol. The van der Waals surface area contributed by atoms with E-state index >= 15 is 0 Å². The summed E-state index contributed by atoms with van der Waals surface area (Å²) in [7, 11) is 0. The Kier molecular flexibility index (Phi) is 4.40. The number of ether oxygens (including phenoxy) is 1. The summed E-state index contributed by atoms with van der Waals surface area (Å²) in [6, 6.07) is 7.29. The van der Waals surface area contributed by atoms with Gasteiger partial charge in [0.15, 0.2) is 0 Å². The molecule has 1 aliphatic carbocycles. The summed E-state index contributed by atoms with van der Waals surface area (Å²) in [5.74, 6) is 0.404. The predicted octanol–water partition coefficient (Wildman–Crippen LogP) is 3.99. The first kappa shape index (κ1) is 13.8. The molecule has 5 heteroatoms. The summed E-state index contributed by atoms with van der Waals surface area (Å²) in [6.07, 6.45) is 2.98. The number of Topliss-reactive ketones (excluding diaryl/α,β-unsaturated/α-hetero) is 1. The third-order valence-electron chi connectivity index (χ3n) is 2.39.